The zero-order valence-electron chi connectivity index (χ0n) is 17.9. The van der Waals surface area contributed by atoms with Crippen LogP contribution in [0, 0.1) is 12.7 Å². The molecule has 4 rings (SSSR count). The molecule has 1 heterocycles. The summed E-state index contributed by atoms with van der Waals surface area (Å²) in [5.41, 5.74) is 2.86. The number of hydrogen-bond acceptors (Lipinski definition) is 5. The summed E-state index contributed by atoms with van der Waals surface area (Å²) in [5.74, 6) is -0.727. The van der Waals surface area contributed by atoms with E-state index in [-0.39, 0.29) is 17.5 Å². The van der Waals surface area contributed by atoms with E-state index < -0.39 is 11.7 Å². The van der Waals surface area contributed by atoms with Crippen molar-refractivity contribution in [2.24, 2.45) is 0 Å². The number of amides is 2. The summed E-state index contributed by atoms with van der Waals surface area (Å²) in [5, 5.41) is 2.51. The highest BCUT2D eigenvalue weighted by molar-refractivity contribution is 8.27. The molecule has 34 heavy (non-hydrogen) atoms. The fourth-order valence-electron chi connectivity index (χ4n) is 3.22. The topological polar surface area (TPSA) is 58.6 Å². The van der Waals surface area contributed by atoms with Gasteiger partial charge in [0.15, 0.2) is 10.9 Å². The SMILES string of the molecule is Cc1cccc(N2C(=O)/C(=C/c3cccc(OCC(=O)Nc4ccc(F)c(Cl)c4)c3)SC2=S)c1. The fraction of sp³-hybridized carbons (Fsp3) is 0.0800. The van der Waals surface area contributed by atoms with Crippen LogP contribution in [0.4, 0.5) is 15.8 Å². The number of benzene rings is 3. The summed E-state index contributed by atoms with van der Waals surface area (Å²) in [6.07, 6.45) is 1.74. The number of ether oxygens (including phenoxy) is 1. The van der Waals surface area contributed by atoms with Gasteiger partial charge in [0.25, 0.3) is 11.8 Å². The van der Waals surface area contributed by atoms with Crippen molar-refractivity contribution < 1.29 is 18.7 Å². The standard InChI is InChI=1S/C25H18ClFN2O3S2/c1-15-4-2-6-18(10-15)29-24(31)22(34-25(29)33)12-16-5-3-7-19(11-16)32-14-23(30)28-17-8-9-21(27)20(26)13-17/h2-13H,14H2,1H3,(H,28,30)/b22-12-. The molecule has 9 heteroatoms. The summed E-state index contributed by atoms with van der Waals surface area (Å²) in [6, 6.07) is 18.5. The second-order valence-corrected chi connectivity index (χ2v) is 9.48. The lowest BCUT2D eigenvalue weighted by molar-refractivity contribution is -0.118. The zero-order chi connectivity index (χ0) is 24.2. The quantitative estimate of drug-likeness (QED) is 0.314. The summed E-state index contributed by atoms with van der Waals surface area (Å²) in [6.45, 7) is 1.70. The third-order valence-electron chi connectivity index (χ3n) is 4.78. The van der Waals surface area contributed by atoms with Gasteiger partial charge in [0.05, 0.1) is 15.6 Å². The number of aryl methyl sites for hydroxylation is 1. The minimum atomic E-state index is -0.566. The highest BCUT2D eigenvalue weighted by atomic mass is 35.5. The number of thioether (sulfide) groups is 1. The van der Waals surface area contributed by atoms with Crippen molar-refractivity contribution in [2.45, 2.75) is 6.92 Å². The summed E-state index contributed by atoms with van der Waals surface area (Å²) < 4.78 is 19.3. The lowest BCUT2D eigenvalue weighted by Gasteiger charge is -2.14. The van der Waals surface area contributed by atoms with E-state index in [9.17, 15) is 14.0 Å². The first kappa shape index (κ1) is 23.9. The Morgan fingerprint density at radius 1 is 1.18 bits per heavy atom. The number of nitrogens with one attached hydrogen (secondary N) is 1. The first-order chi connectivity index (χ1) is 16.3. The number of hydrogen-bond donors (Lipinski definition) is 1. The Morgan fingerprint density at radius 3 is 2.74 bits per heavy atom. The van der Waals surface area contributed by atoms with Gasteiger partial charge in [-0.25, -0.2) is 4.39 Å². The third kappa shape index (κ3) is 5.64. The number of thiocarbonyl (C=S) groups is 1. The summed E-state index contributed by atoms with van der Waals surface area (Å²) >= 11 is 12.4. The van der Waals surface area contributed by atoms with Gasteiger partial charge in [-0.05, 0) is 66.6 Å². The van der Waals surface area contributed by atoms with Crippen molar-refractivity contribution in [1.29, 1.82) is 0 Å². The Kier molecular flexibility index (Phi) is 7.31. The average Bonchev–Trinajstić information content (AvgIpc) is 3.08. The maximum Gasteiger partial charge on any atom is 0.270 e. The van der Waals surface area contributed by atoms with Crippen LogP contribution in [0.25, 0.3) is 6.08 Å². The van der Waals surface area contributed by atoms with Crippen molar-refractivity contribution >= 4 is 69.2 Å². The molecular weight excluding hydrogens is 495 g/mol. The lowest BCUT2D eigenvalue weighted by atomic mass is 10.2. The number of carbonyl (C=O) groups excluding carboxylic acids is 2. The van der Waals surface area contributed by atoms with Crippen LogP contribution in [0.5, 0.6) is 5.75 Å². The molecule has 0 spiro atoms. The van der Waals surface area contributed by atoms with Crippen LogP contribution in [0.1, 0.15) is 11.1 Å². The summed E-state index contributed by atoms with van der Waals surface area (Å²) in [4.78, 5) is 27.2. The van der Waals surface area contributed by atoms with Gasteiger partial charge in [-0.2, -0.15) is 0 Å². The number of anilines is 2. The van der Waals surface area contributed by atoms with E-state index >= 15 is 0 Å². The van der Waals surface area contributed by atoms with Gasteiger partial charge in [-0.1, -0.05) is 59.8 Å². The number of nitrogens with zero attached hydrogens (tertiary/aromatic N) is 1. The van der Waals surface area contributed by atoms with E-state index in [0.29, 0.717) is 20.7 Å². The molecule has 1 fully saturated rings. The molecule has 1 N–H and O–H groups in total. The van der Waals surface area contributed by atoms with Gasteiger partial charge in [-0.3, -0.25) is 14.5 Å². The van der Waals surface area contributed by atoms with E-state index in [4.69, 9.17) is 28.6 Å². The lowest BCUT2D eigenvalue weighted by Crippen LogP contribution is -2.27. The molecule has 0 atom stereocenters. The first-order valence-corrected chi connectivity index (χ1v) is 11.7. The molecule has 2 amide bonds. The van der Waals surface area contributed by atoms with Crippen molar-refractivity contribution in [3.05, 3.63) is 93.6 Å². The van der Waals surface area contributed by atoms with Crippen LogP contribution >= 0.6 is 35.6 Å². The Morgan fingerprint density at radius 2 is 1.97 bits per heavy atom. The molecule has 0 aliphatic carbocycles. The Balaban J connectivity index is 1.42. The molecule has 5 nitrogen and oxygen atoms in total. The highest BCUT2D eigenvalue weighted by Crippen LogP contribution is 2.36. The third-order valence-corrected chi connectivity index (χ3v) is 6.37. The number of carbonyl (C=O) groups is 2. The fourth-order valence-corrected chi connectivity index (χ4v) is 4.70. The molecule has 3 aromatic carbocycles. The van der Waals surface area contributed by atoms with Gasteiger partial charge in [0, 0.05) is 5.69 Å². The largest absolute Gasteiger partial charge is 0.484 e. The molecule has 0 radical (unpaired) electrons. The van der Waals surface area contributed by atoms with Crippen LogP contribution in [0.15, 0.2) is 71.6 Å². The van der Waals surface area contributed by atoms with Crippen molar-refractivity contribution in [3.63, 3.8) is 0 Å². The molecule has 3 aromatic rings. The second-order valence-electron chi connectivity index (χ2n) is 7.39. The second kappa shape index (κ2) is 10.4. The molecule has 0 saturated carbocycles. The van der Waals surface area contributed by atoms with Crippen LogP contribution < -0.4 is 15.0 Å². The minimum absolute atomic E-state index is 0.0840. The predicted octanol–water partition coefficient (Wildman–Crippen LogP) is 6.21. The Hall–Kier alpha value is -3.20. The maximum absolute atomic E-state index is 13.3. The van der Waals surface area contributed by atoms with E-state index in [1.807, 2.05) is 37.3 Å². The number of halogens is 2. The van der Waals surface area contributed by atoms with Crippen LogP contribution in [-0.4, -0.2) is 22.7 Å². The Bertz CT molecular complexity index is 1330. The van der Waals surface area contributed by atoms with Gasteiger partial charge >= 0.3 is 0 Å². The molecule has 172 valence electrons. The smallest absolute Gasteiger partial charge is 0.270 e. The molecule has 1 saturated heterocycles. The van der Waals surface area contributed by atoms with E-state index in [0.717, 1.165) is 16.8 Å². The van der Waals surface area contributed by atoms with Crippen molar-refractivity contribution in [2.75, 3.05) is 16.8 Å². The molecule has 1 aliphatic heterocycles. The van der Waals surface area contributed by atoms with Crippen LogP contribution in [0.2, 0.25) is 5.02 Å². The van der Waals surface area contributed by atoms with Gasteiger partial charge in [0.1, 0.15) is 11.6 Å². The normalized spacial score (nSPS) is 14.6. The predicted molar refractivity (Wildman–Crippen MR) is 139 cm³/mol. The zero-order valence-corrected chi connectivity index (χ0v) is 20.3. The molecular formula is C25H18ClFN2O3S2. The molecule has 1 aliphatic rings. The van der Waals surface area contributed by atoms with Gasteiger partial charge < -0.3 is 10.1 Å². The minimum Gasteiger partial charge on any atom is -0.484 e. The van der Waals surface area contributed by atoms with Crippen molar-refractivity contribution in [1.82, 2.24) is 0 Å². The molecule has 0 bridgehead atoms. The first-order valence-electron chi connectivity index (χ1n) is 10.1. The Labute approximate surface area is 210 Å². The number of rotatable bonds is 6. The van der Waals surface area contributed by atoms with Crippen LogP contribution in [-0.2, 0) is 9.59 Å². The van der Waals surface area contributed by atoms with E-state index in [1.165, 1.54) is 34.9 Å². The maximum atomic E-state index is 13.3. The highest BCUT2D eigenvalue weighted by Gasteiger charge is 2.33. The van der Waals surface area contributed by atoms with E-state index in [1.54, 1.807) is 24.3 Å². The van der Waals surface area contributed by atoms with Crippen molar-refractivity contribution in [3.8, 4) is 5.75 Å². The molecule has 0 unspecified atom stereocenters. The van der Waals surface area contributed by atoms with Gasteiger partial charge in [-0.15, -0.1) is 0 Å². The van der Waals surface area contributed by atoms with Crippen LogP contribution in [0.3, 0.4) is 0 Å². The monoisotopic (exact) mass is 512 g/mol. The van der Waals surface area contributed by atoms with Gasteiger partial charge in [0.2, 0.25) is 0 Å². The average molecular weight is 513 g/mol. The van der Waals surface area contributed by atoms with E-state index in [2.05, 4.69) is 5.32 Å². The molecule has 0 aromatic heterocycles. The summed E-state index contributed by atoms with van der Waals surface area (Å²) in [7, 11) is 0.